The van der Waals surface area contributed by atoms with E-state index in [1.54, 1.807) is 19.4 Å². The molecule has 2 heterocycles. The highest BCUT2D eigenvalue weighted by molar-refractivity contribution is 5.94. The van der Waals surface area contributed by atoms with Crippen molar-refractivity contribution in [2.24, 2.45) is 5.73 Å². The van der Waals surface area contributed by atoms with E-state index < -0.39 is 0 Å². The number of anilines is 1. The van der Waals surface area contributed by atoms with E-state index in [9.17, 15) is 9.59 Å². The van der Waals surface area contributed by atoms with Crippen LogP contribution in [0.15, 0.2) is 36.5 Å². The second kappa shape index (κ2) is 8.64. The van der Waals surface area contributed by atoms with Gasteiger partial charge >= 0.3 is 0 Å². The van der Waals surface area contributed by atoms with Crippen LogP contribution in [0.1, 0.15) is 27.0 Å². The van der Waals surface area contributed by atoms with E-state index in [1.165, 1.54) is 11.1 Å². The van der Waals surface area contributed by atoms with Gasteiger partial charge in [0.2, 0.25) is 5.91 Å². The first-order valence-electron chi connectivity index (χ1n) is 8.94. The zero-order valence-corrected chi connectivity index (χ0v) is 15.4. The molecule has 0 saturated carbocycles. The molecule has 1 aliphatic heterocycles. The zero-order valence-electron chi connectivity index (χ0n) is 15.4. The largest absolute Gasteiger partial charge is 0.383 e. The van der Waals surface area contributed by atoms with Crippen LogP contribution in [0, 0.1) is 0 Å². The third-order valence-corrected chi connectivity index (χ3v) is 4.65. The summed E-state index contributed by atoms with van der Waals surface area (Å²) in [5.74, 6) is 0.354. The van der Waals surface area contributed by atoms with Gasteiger partial charge in [0.15, 0.2) is 0 Å². The fourth-order valence-corrected chi connectivity index (χ4v) is 3.31. The van der Waals surface area contributed by atoms with Crippen molar-refractivity contribution >= 4 is 17.6 Å². The van der Waals surface area contributed by atoms with Crippen molar-refractivity contribution < 1.29 is 14.3 Å². The summed E-state index contributed by atoms with van der Waals surface area (Å²) in [6, 6.07) is 9.65. The lowest BCUT2D eigenvalue weighted by Gasteiger charge is -2.31. The topological polar surface area (TPSA) is 97.5 Å². The number of ether oxygens (including phenoxy) is 1. The van der Waals surface area contributed by atoms with Gasteiger partial charge in [0, 0.05) is 32.9 Å². The van der Waals surface area contributed by atoms with Crippen molar-refractivity contribution in [2.75, 3.05) is 31.7 Å². The lowest BCUT2D eigenvalue weighted by molar-refractivity contribution is -0.117. The number of nitrogens with one attached hydrogen (secondary N) is 1. The predicted molar refractivity (Wildman–Crippen MR) is 103 cm³/mol. The number of aromatic nitrogens is 1. The molecule has 1 aromatic heterocycles. The molecule has 7 heteroatoms. The van der Waals surface area contributed by atoms with Crippen molar-refractivity contribution in [2.45, 2.75) is 19.4 Å². The molecule has 3 rings (SSSR count). The Balaban J connectivity index is 1.68. The van der Waals surface area contributed by atoms with Crippen molar-refractivity contribution in [3.05, 3.63) is 58.8 Å². The Morgan fingerprint density at radius 2 is 2.15 bits per heavy atom. The number of pyridine rings is 1. The number of hydrogen-bond donors (Lipinski definition) is 2. The molecule has 0 fully saturated rings. The molecule has 2 amide bonds. The molecule has 0 aliphatic carbocycles. The lowest BCUT2D eigenvalue weighted by atomic mass is 9.93. The minimum Gasteiger partial charge on any atom is -0.383 e. The molecule has 27 heavy (non-hydrogen) atoms. The van der Waals surface area contributed by atoms with Crippen molar-refractivity contribution in [1.29, 1.82) is 0 Å². The maximum Gasteiger partial charge on any atom is 0.252 e. The summed E-state index contributed by atoms with van der Waals surface area (Å²) in [5.41, 5.74) is 9.28. The number of benzene rings is 1. The second-order valence-corrected chi connectivity index (χ2v) is 6.52. The van der Waals surface area contributed by atoms with Gasteiger partial charge < -0.3 is 20.7 Å². The maximum atomic E-state index is 12.0. The number of methoxy groups -OCH3 is 1. The molecule has 3 N–H and O–H groups in total. The van der Waals surface area contributed by atoms with E-state index in [2.05, 4.69) is 21.3 Å². The summed E-state index contributed by atoms with van der Waals surface area (Å²) in [5, 5.41) is 2.78. The number of primary amides is 1. The van der Waals surface area contributed by atoms with Crippen molar-refractivity contribution in [3.63, 3.8) is 0 Å². The molecule has 1 aliphatic rings. The highest BCUT2D eigenvalue weighted by Crippen LogP contribution is 2.26. The highest BCUT2D eigenvalue weighted by Gasteiger charge is 2.20. The number of fused-ring (bicyclic) bond motifs is 1. The van der Waals surface area contributed by atoms with Gasteiger partial charge in [-0.3, -0.25) is 9.59 Å². The summed E-state index contributed by atoms with van der Waals surface area (Å²) in [4.78, 5) is 29.9. The molecule has 0 saturated heterocycles. The summed E-state index contributed by atoms with van der Waals surface area (Å²) >= 11 is 0. The van der Waals surface area contributed by atoms with E-state index in [1.807, 2.05) is 18.2 Å². The number of nitrogens with zero attached hydrogens (tertiary/aromatic N) is 2. The van der Waals surface area contributed by atoms with Gasteiger partial charge in [0.1, 0.15) is 5.82 Å². The van der Waals surface area contributed by atoms with Crippen LogP contribution in [-0.4, -0.2) is 43.6 Å². The van der Waals surface area contributed by atoms with Crippen molar-refractivity contribution in [3.8, 4) is 0 Å². The second-order valence-electron chi connectivity index (χ2n) is 6.52. The zero-order chi connectivity index (χ0) is 19.2. The molecule has 1 aromatic carbocycles. The minimum atomic E-state index is -0.313. The molecule has 7 nitrogen and oxygen atoms in total. The first-order valence-corrected chi connectivity index (χ1v) is 8.94. The van der Waals surface area contributed by atoms with E-state index >= 15 is 0 Å². The first-order chi connectivity index (χ1) is 13.1. The maximum absolute atomic E-state index is 12.0. The third-order valence-electron chi connectivity index (χ3n) is 4.65. The average molecular weight is 368 g/mol. The molecule has 0 radical (unpaired) electrons. The highest BCUT2D eigenvalue weighted by atomic mass is 16.5. The Hall–Kier alpha value is -2.93. The van der Waals surface area contributed by atoms with Crippen LogP contribution in [-0.2, 0) is 28.9 Å². The first kappa shape index (κ1) is 18.8. The van der Waals surface area contributed by atoms with E-state index in [0.717, 1.165) is 24.3 Å². The predicted octanol–water partition coefficient (Wildman–Crippen LogP) is 1.05. The average Bonchev–Trinajstić information content (AvgIpc) is 2.67. The standard InChI is InChI=1S/C20H24N4O3/c1-27-10-8-22-20(26)15-5-6-19(23-12-15)24-9-7-17-14(11-18(21)25)3-2-4-16(17)13-24/h2-6,12H,7-11,13H2,1H3,(H2,21,25)(H,22,26). The Morgan fingerprint density at radius 1 is 1.30 bits per heavy atom. The molecule has 0 spiro atoms. The smallest absolute Gasteiger partial charge is 0.252 e. The molecule has 0 unspecified atom stereocenters. The Morgan fingerprint density at radius 3 is 2.85 bits per heavy atom. The number of rotatable bonds is 7. The van der Waals surface area contributed by atoms with Crippen LogP contribution in [0.4, 0.5) is 5.82 Å². The number of carbonyl (C=O) groups excluding carboxylic acids is 2. The summed E-state index contributed by atoms with van der Waals surface area (Å²) in [7, 11) is 1.59. The van der Waals surface area contributed by atoms with Gasteiger partial charge in [-0.25, -0.2) is 4.98 Å². The monoisotopic (exact) mass is 368 g/mol. The van der Waals surface area contributed by atoms with Crippen LogP contribution in [0.25, 0.3) is 0 Å². The summed E-state index contributed by atoms with van der Waals surface area (Å²) in [6.07, 6.45) is 2.70. The normalized spacial score (nSPS) is 13.1. The van der Waals surface area contributed by atoms with Crippen LogP contribution in [0.2, 0.25) is 0 Å². The van der Waals surface area contributed by atoms with Gasteiger partial charge in [-0.2, -0.15) is 0 Å². The quantitative estimate of drug-likeness (QED) is 0.712. The van der Waals surface area contributed by atoms with Crippen molar-refractivity contribution in [1.82, 2.24) is 10.3 Å². The molecule has 0 atom stereocenters. The molecular formula is C20H24N4O3. The minimum absolute atomic E-state index is 0.161. The van der Waals surface area contributed by atoms with Crippen LogP contribution in [0.5, 0.6) is 0 Å². The number of nitrogens with two attached hydrogens (primary N) is 1. The van der Waals surface area contributed by atoms with E-state index in [-0.39, 0.29) is 18.2 Å². The molecule has 142 valence electrons. The fourth-order valence-electron chi connectivity index (χ4n) is 3.31. The van der Waals surface area contributed by atoms with Gasteiger partial charge in [-0.05, 0) is 35.2 Å². The molecule has 2 aromatic rings. The van der Waals surface area contributed by atoms with Gasteiger partial charge in [-0.15, -0.1) is 0 Å². The third kappa shape index (κ3) is 4.62. The number of carbonyl (C=O) groups is 2. The van der Waals surface area contributed by atoms with Crippen LogP contribution >= 0.6 is 0 Å². The van der Waals surface area contributed by atoms with E-state index in [0.29, 0.717) is 25.3 Å². The number of amides is 2. The van der Waals surface area contributed by atoms with Crippen LogP contribution in [0.3, 0.4) is 0 Å². The number of hydrogen-bond acceptors (Lipinski definition) is 5. The Bertz CT molecular complexity index is 820. The van der Waals surface area contributed by atoms with Gasteiger partial charge in [0.25, 0.3) is 5.91 Å². The van der Waals surface area contributed by atoms with Gasteiger partial charge in [-0.1, -0.05) is 18.2 Å². The van der Waals surface area contributed by atoms with E-state index in [4.69, 9.17) is 10.5 Å². The lowest BCUT2D eigenvalue weighted by Crippen LogP contribution is -2.32. The SMILES string of the molecule is COCCNC(=O)c1ccc(N2CCc3c(CC(N)=O)cccc3C2)nc1. The summed E-state index contributed by atoms with van der Waals surface area (Å²) in [6.45, 7) is 2.46. The fraction of sp³-hybridized carbons (Fsp3) is 0.350. The van der Waals surface area contributed by atoms with Crippen LogP contribution < -0.4 is 16.0 Å². The molecule has 0 bridgehead atoms. The Labute approximate surface area is 158 Å². The summed E-state index contributed by atoms with van der Waals surface area (Å²) < 4.78 is 4.92. The molecular weight excluding hydrogens is 344 g/mol. The Kier molecular flexibility index (Phi) is 6.03. The van der Waals surface area contributed by atoms with Gasteiger partial charge in [0.05, 0.1) is 18.6 Å².